The Morgan fingerprint density at radius 3 is 0.742 bits per heavy atom. The molecule has 0 spiro atoms. The summed E-state index contributed by atoms with van der Waals surface area (Å²) in [7, 11) is 10.6. The van der Waals surface area contributed by atoms with Crippen LogP contribution in [0.1, 0.15) is 57.8 Å². The molecule has 3 fully saturated rings. The summed E-state index contributed by atoms with van der Waals surface area (Å²) < 4.78 is 36.9. The third kappa shape index (κ3) is 5.48. The minimum atomic E-state index is -0.636. The maximum atomic E-state index is 6.15. The number of rotatable bonds is 9. The minimum absolute atomic E-state index is 0.193. The Balaban J connectivity index is 2.11. The number of ether oxygens (including phenoxy) is 6. The van der Waals surface area contributed by atoms with Gasteiger partial charge < -0.3 is 28.4 Å². The SMILES string of the molecule is COC1CCCC(OC)C1P(C1C(OC)CCCC1OC)C1C(OC)CCCC1OC. The summed E-state index contributed by atoms with van der Waals surface area (Å²) >= 11 is 0. The van der Waals surface area contributed by atoms with Gasteiger partial charge in [-0.05, 0) is 57.8 Å². The van der Waals surface area contributed by atoms with E-state index in [1.54, 1.807) is 0 Å². The lowest BCUT2D eigenvalue weighted by molar-refractivity contribution is -0.0271. The van der Waals surface area contributed by atoms with Gasteiger partial charge >= 0.3 is 0 Å². The van der Waals surface area contributed by atoms with Gasteiger partial charge in [0.25, 0.3) is 0 Å². The second kappa shape index (κ2) is 12.6. The van der Waals surface area contributed by atoms with Crippen molar-refractivity contribution in [1.29, 1.82) is 0 Å². The zero-order valence-electron chi connectivity index (χ0n) is 20.5. The fourth-order valence-corrected chi connectivity index (χ4v) is 11.7. The molecule has 3 saturated carbocycles. The maximum Gasteiger partial charge on any atom is 0.0663 e. The molecular weight excluding hydrogens is 415 g/mol. The first-order valence-electron chi connectivity index (χ1n) is 12.1. The second-order valence-electron chi connectivity index (χ2n) is 9.36. The zero-order chi connectivity index (χ0) is 22.4. The lowest BCUT2D eigenvalue weighted by Crippen LogP contribution is -2.56. The average Bonchev–Trinajstić information content (AvgIpc) is 2.83. The Labute approximate surface area is 190 Å². The highest BCUT2D eigenvalue weighted by Crippen LogP contribution is 2.63. The van der Waals surface area contributed by atoms with Gasteiger partial charge in [-0.1, -0.05) is 7.92 Å². The molecular formula is C24H45O6P. The van der Waals surface area contributed by atoms with Gasteiger partial charge in [0.1, 0.15) is 0 Å². The largest absolute Gasteiger partial charge is 0.381 e. The van der Waals surface area contributed by atoms with Crippen LogP contribution in [0.15, 0.2) is 0 Å². The molecule has 6 nitrogen and oxygen atoms in total. The van der Waals surface area contributed by atoms with Crippen molar-refractivity contribution in [3.63, 3.8) is 0 Å². The molecule has 3 aliphatic rings. The van der Waals surface area contributed by atoms with Gasteiger partial charge in [0.2, 0.25) is 0 Å². The van der Waals surface area contributed by atoms with Crippen LogP contribution in [0.2, 0.25) is 0 Å². The van der Waals surface area contributed by atoms with Gasteiger partial charge in [0.05, 0.1) is 36.6 Å². The summed E-state index contributed by atoms with van der Waals surface area (Å²) in [6.07, 6.45) is 11.1. The van der Waals surface area contributed by atoms with E-state index in [1.165, 1.54) is 0 Å². The summed E-state index contributed by atoms with van der Waals surface area (Å²) in [5.41, 5.74) is 0.988. The number of hydrogen-bond donors (Lipinski definition) is 0. The van der Waals surface area contributed by atoms with Crippen molar-refractivity contribution >= 4 is 7.92 Å². The van der Waals surface area contributed by atoms with Crippen molar-refractivity contribution in [3.8, 4) is 0 Å². The maximum absolute atomic E-state index is 6.15. The Bertz CT molecular complexity index is 415. The van der Waals surface area contributed by atoms with Gasteiger partial charge in [-0.3, -0.25) is 0 Å². The van der Waals surface area contributed by atoms with E-state index in [2.05, 4.69) is 0 Å². The molecule has 0 saturated heterocycles. The molecule has 3 rings (SSSR count). The second-order valence-corrected chi connectivity index (χ2v) is 12.0. The Hall–Kier alpha value is 0.190. The van der Waals surface area contributed by atoms with E-state index < -0.39 is 7.92 Å². The summed E-state index contributed by atoms with van der Waals surface area (Å²) in [5, 5.41) is 0. The molecule has 3 aliphatic carbocycles. The van der Waals surface area contributed by atoms with Gasteiger partial charge in [0, 0.05) is 59.6 Å². The van der Waals surface area contributed by atoms with E-state index in [4.69, 9.17) is 28.4 Å². The molecule has 0 bridgehead atoms. The highest BCUT2D eigenvalue weighted by atomic mass is 31.1. The molecule has 0 amide bonds. The van der Waals surface area contributed by atoms with Crippen LogP contribution in [0, 0.1) is 0 Å². The van der Waals surface area contributed by atoms with Crippen LogP contribution in [-0.4, -0.2) is 96.3 Å². The first-order valence-corrected chi connectivity index (χ1v) is 13.6. The molecule has 0 aliphatic heterocycles. The molecule has 6 unspecified atom stereocenters. The van der Waals surface area contributed by atoms with Crippen LogP contribution < -0.4 is 0 Å². The Kier molecular flexibility index (Phi) is 10.5. The van der Waals surface area contributed by atoms with Gasteiger partial charge in [-0.15, -0.1) is 0 Å². The van der Waals surface area contributed by atoms with Crippen molar-refractivity contribution in [1.82, 2.24) is 0 Å². The highest BCUT2D eigenvalue weighted by molar-refractivity contribution is 7.60. The quantitative estimate of drug-likeness (QED) is 0.481. The van der Waals surface area contributed by atoms with Crippen LogP contribution in [0.3, 0.4) is 0 Å². The van der Waals surface area contributed by atoms with Crippen LogP contribution >= 0.6 is 7.92 Å². The highest BCUT2D eigenvalue weighted by Gasteiger charge is 2.54. The normalized spacial score (nSPS) is 43.0. The van der Waals surface area contributed by atoms with E-state index in [0.717, 1.165) is 57.8 Å². The molecule has 6 atom stereocenters. The van der Waals surface area contributed by atoms with Crippen molar-refractivity contribution < 1.29 is 28.4 Å². The van der Waals surface area contributed by atoms with Gasteiger partial charge in [-0.25, -0.2) is 0 Å². The first-order chi connectivity index (χ1) is 15.1. The van der Waals surface area contributed by atoms with Crippen LogP contribution in [0.25, 0.3) is 0 Å². The van der Waals surface area contributed by atoms with E-state index in [0.29, 0.717) is 17.0 Å². The molecule has 31 heavy (non-hydrogen) atoms. The minimum Gasteiger partial charge on any atom is -0.381 e. The number of hydrogen-bond acceptors (Lipinski definition) is 6. The summed E-state index contributed by atoms with van der Waals surface area (Å²) in [5.74, 6) is 0. The van der Waals surface area contributed by atoms with E-state index >= 15 is 0 Å². The monoisotopic (exact) mass is 460 g/mol. The first kappa shape index (κ1) is 25.8. The summed E-state index contributed by atoms with van der Waals surface area (Å²) in [6.45, 7) is 0. The predicted molar refractivity (Wildman–Crippen MR) is 125 cm³/mol. The lowest BCUT2D eigenvalue weighted by Gasteiger charge is -2.54. The summed E-state index contributed by atoms with van der Waals surface area (Å²) in [6, 6.07) is 0. The van der Waals surface area contributed by atoms with E-state index in [1.807, 2.05) is 42.7 Å². The summed E-state index contributed by atoms with van der Waals surface area (Å²) in [4.78, 5) is 0. The number of methoxy groups -OCH3 is 6. The molecule has 182 valence electrons. The topological polar surface area (TPSA) is 55.4 Å². The van der Waals surface area contributed by atoms with Gasteiger partial charge in [0.15, 0.2) is 0 Å². The van der Waals surface area contributed by atoms with Crippen LogP contribution in [-0.2, 0) is 28.4 Å². The zero-order valence-corrected chi connectivity index (χ0v) is 21.4. The van der Waals surface area contributed by atoms with Gasteiger partial charge in [-0.2, -0.15) is 0 Å². The van der Waals surface area contributed by atoms with Crippen molar-refractivity contribution in [2.75, 3.05) is 42.7 Å². The van der Waals surface area contributed by atoms with Crippen LogP contribution in [0.5, 0.6) is 0 Å². The fourth-order valence-electron chi connectivity index (χ4n) is 6.60. The van der Waals surface area contributed by atoms with Crippen molar-refractivity contribution in [2.45, 2.75) is 111 Å². The lowest BCUT2D eigenvalue weighted by atomic mass is 9.92. The van der Waals surface area contributed by atoms with Crippen molar-refractivity contribution in [2.24, 2.45) is 0 Å². The molecule has 0 N–H and O–H groups in total. The fraction of sp³-hybridized carbons (Fsp3) is 1.00. The average molecular weight is 461 g/mol. The Morgan fingerprint density at radius 1 is 0.387 bits per heavy atom. The van der Waals surface area contributed by atoms with E-state index in [9.17, 15) is 0 Å². The predicted octanol–water partition coefficient (Wildman–Crippen LogP) is 4.22. The third-order valence-electron chi connectivity index (χ3n) is 8.07. The Morgan fingerprint density at radius 2 is 0.581 bits per heavy atom. The van der Waals surface area contributed by atoms with Crippen molar-refractivity contribution in [3.05, 3.63) is 0 Å². The third-order valence-corrected chi connectivity index (χ3v) is 12.1. The molecule has 0 heterocycles. The molecule has 7 heteroatoms. The van der Waals surface area contributed by atoms with E-state index in [-0.39, 0.29) is 36.6 Å². The molecule has 0 aromatic carbocycles. The van der Waals surface area contributed by atoms with Crippen LogP contribution in [0.4, 0.5) is 0 Å². The standard InChI is InChI=1S/C24H45O6P/c1-25-16-10-7-11-17(26-2)22(16)31(23-18(27-3)12-8-13-19(23)28-4)24-20(29-5)14-9-15-21(24)30-6/h16-24H,7-15H2,1-6H3. The smallest absolute Gasteiger partial charge is 0.0663 e. The molecule has 0 radical (unpaired) electrons. The molecule has 0 aromatic heterocycles. The molecule has 0 aromatic rings.